The highest BCUT2D eigenvalue weighted by Gasteiger charge is 2.43. The second kappa shape index (κ2) is 39.4. The smallest absolute Gasteiger partial charge is 0.347 e. The Hall–Kier alpha value is -10.9. The number of benzene rings is 13. The van der Waals surface area contributed by atoms with Gasteiger partial charge in [0.2, 0.25) is 5.69 Å². The van der Waals surface area contributed by atoms with Gasteiger partial charge in [-0.15, -0.1) is 10.2 Å². The van der Waals surface area contributed by atoms with Crippen molar-refractivity contribution in [2.24, 2.45) is 0 Å². The molecule has 0 saturated heterocycles. The number of allylic oxidation sites excluding steroid dienone is 7. The standard InChI is InChI=1S/C43H45N4S3.2C24H20B.C18H22I/c1-8-29-20-22-30(23-21-29)28-48-40-44-45-41(50-40)49-39-31(24-26-37-42(2,3)33-16-9-11-18-35(33)46(37)6)14-13-15-32(39)25-27-38-43(4,5)34-17-10-12-19-36(34)47(38)7;2*1-5-13-21(14-6-1)25(22-15-7-2-8-16-22,23-17-9-3-10-18-23)24-19-11-4-12-20-24;1-13(2)15-5-9-17(10-6-15)19-18-11-7-16(8-12-18)14(3)4/h8-12,16-27H,1,13-15,28H2,2-7H3;2*1-20H;5-14H,1-4H3/q+1;2*-1;+1. The van der Waals surface area contributed by atoms with Gasteiger partial charge in [0, 0.05) is 52.2 Å². The summed E-state index contributed by atoms with van der Waals surface area (Å²) >= 11 is 5.19. The van der Waals surface area contributed by atoms with Crippen molar-refractivity contribution < 1.29 is 25.8 Å². The summed E-state index contributed by atoms with van der Waals surface area (Å²) in [6, 6.07) is 132. The fourth-order valence-corrected chi connectivity index (χ4v) is 23.2. The van der Waals surface area contributed by atoms with Crippen LogP contribution in [0.3, 0.4) is 0 Å². The van der Waals surface area contributed by atoms with E-state index in [4.69, 9.17) is 5.10 Å². The molecule has 0 atom stereocenters. The van der Waals surface area contributed by atoms with Crippen molar-refractivity contribution in [3.8, 4) is 0 Å². The molecular formula is C109H107B2IN4S3. The van der Waals surface area contributed by atoms with Crippen LogP contribution in [0, 0.1) is 7.14 Å². The van der Waals surface area contributed by atoms with Gasteiger partial charge >= 0.3 is 21.2 Å². The molecule has 119 heavy (non-hydrogen) atoms. The van der Waals surface area contributed by atoms with E-state index in [-0.39, 0.29) is 32.0 Å². The number of halogens is 1. The van der Waals surface area contributed by atoms with Crippen LogP contribution in [-0.4, -0.2) is 46.9 Å². The molecule has 0 spiro atoms. The summed E-state index contributed by atoms with van der Waals surface area (Å²) in [5.41, 5.74) is 26.5. The number of nitrogens with zero attached hydrogens (tertiary/aromatic N) is 4. The number of para-hydroxylation sites is 2. The van der Waals surface area contributed by atoms with Crippen LogP contribution in [0.1, 0.15) is 120 Å². The fourth-order valence-electron chi connectivity index (χ4n) is 17.8. The predicted octanol–water partition coefficient (Wildman–Crippen LogP) is 19.7. The zero-order chi connectivity index (χ0) is 82.8. The minimum Gasteiger partial charge on any atom is -0.347 e. The van der Waals surface area contributed by atoms with Gasteiger partial charge in [-0.2, -0.15) is 48.3 Å². The fraction of sp³-hybridized carbons (Fsp3) is 0.165. The van der Waals surface area contributed by atoms with E-state index in [1.165, 1.54) is 117 Å². The zero-order valence-electron chi connectivity index (χ0n) is 70.3. The molecule has 0 bridgehead atoms. The third kappa shape index (κ3) is 19.1. The first kappa shape index (κ1) is 84.6. The number of fused-ring (bicyclic) bond motifs is 2. The molecule has 17 rings (SSSR count). The minimum atomic E-state index is -1.22. The minimum absolute atomic E-state index is 0.0366. The Kier molecular flexibility index (Phi) is 28.0. The first-order valence-corrected chi connectivity index (χ1v) is 46.6. The Labute approximate surface area is 731 Å². The van der Waals surface area contributed by atoms with Crippen molar-refractivity contribution in [1.82, 2.24) is 10.2 Å². The quantitative estimate of drug-likeness (QED) is 0.0310. The van der Waals surface area contributed by atoms with Gasteiger partial charge in [-0.05, 0) is 120 Å². The van der Waals surface area contributed by atoms with Crippen LogP contribution < -0.4 is 69.8 Å². The summed E-state index contributed by atoms with van der Waals surface area (Å²) in [4.78, 5) is 3.67. The van der Waals surface area contributed by atoms with Crippen LogP contribution in [0.2, 0.25) is 0 Å². The van der Waals surface area contributed by atoms with E-state index >= 15 is 0 Å². The maximum Gasteiger partial charge on any atom is 0.357 e. The zero-order valence-corrected chi connectivity index (χ0v) is 74.9. The van der Waals surface area contributed by atoms with Crippen molar-refractivity contribution >= 4 is 114 Å². The van der Waals surface area contributed by atoms with Gasteiger partial charge in [-0.25, -0.2) is 0 Å². The van der Waals surface area contributed by atoms with Gasteiger partial charge in [0.15, 0.2) is 21.5 Å². The summed E-state index contributed by atoms with van der Waals surface area (Å²) < 4.78 is 7.34. The highest BCUT2D eigenvalue weighted by atomic mass is 127. The van der Waals surface area contributed by atoms with Crippen molar-refractivity contribution in [2.75, 3.05) is 19.0 Å². The predicted molar refractivity (Wildman–Crippen MR) is 515 cm³/mol. The molecule has 3 aliphatic rings. The number of likely N-dealkylation sites (N-methyl/N-ethyl adjacent to an activating group) is 1. The molecule has 2 aliphatic heterocycles. The Balaban J connectivity index is 0.000000141. The van der Waals surface area contributed by atoms with Crippen LogP contribution in [0.5, 0.6) is 0 Å². The van der Waals surface area contributed by atoms with E-state index in [2.05, 4.69) is 479 Å². The van der Waals surface area contributed by atoms with Gasteiger partial charge in [-0.3, -0.25) is 0 Å². The first-order chi connectivity index (χ1) is 58.0. The highest BCUT2D eigenvalue weighted by Crippen LogP contribution is 2.49. The van der Waals surface area contributed by atoms with Crippen LogP contribution in [0.25, 0.3) is 6.08 Å². The molecule has 1 aliphatic carbocycles. The third-order valence-corrected chi connectivity index (χ3v) is 30.2. The van der Waals surface area contributed by atoms with Gasteiger partial charge in [0.05, 0.1) is 5.41 Å². The second-order valence-electron chi connectivity index (χ2n) is 32.8. The lowest BCUT2D eigenvalue weighted by Gasteiger charge is -2.44. The maximum atomic E-state index is 4.69. The Bertz CT molecular complexity index is 5300. The van der Waals surface area contributed by atoms with Crippen molar-refractivity contribution in [3.05, 3.63) is 457 Å². The molecule has 594 valence electrons. The average Bonchev–Trinajstić information content (AvgIpc) is 1.74. The van der Waals surface area contributed by atoms with E-state index in [1.807, 2.05) is 6.08 Å². The summed E-state index contributed by atoms with van der Waals surface area (Å²) in [5, 5.41) is 9.30. The molecule has 0 radical (unpaired) electrons. The molecule has 3 heterocycles. The Morgan fingerprint density at radius 3 is 1.23 bits per heavy atom. The molecule has 4 nitrogen and oxygen atoms in total. The lowest BCUT2D eigenvalue weighted by atomic mass is 9.13. The van der Waals surface area contributed by atoms with Crippen molar-refractivity contribution in [3.63, 3.8) is 0 Å². The molecule has 1 aromatic heterocycles. The Morgan fingerprint density at radius 2 is 0.832 bits per heavy atom. The van der Waals surface area contributed by atoms with E-state index in [9.17, 15) is 0 Å². The second-order valence-corrected chi connectivity index (χ2v) is 39.3. The summed E-state index contributed by atoms with van der Waals surface area (Å²) in [7, 11) is 4.39. The van der Waals surface area contributed by atoms with Gasteiger partial charge in [0.25, 0.3) is 0 Å². The molecule has 0 saturated carbocycles. The molecule has 0 fully saturated rings. The summed E-state index contributed by atoms with van der Waals surface area (Å²) in [6.07, 6.45) is 12.1. The van der Waals surface area contributed by atoms with E-state index in [1.54, 1.807) is 34.9 Å². The number of rotatable bonds is 21. The molecule has 0 amide bonds. The maximum absolute atomic E-state index is 4.69. The van der Waals surface area contributed by atoms with Crippen LogP contribution in [0.4, 0.5) is 11.4 Å². The molecule has 0 unspecified atom stereocenters. The van der Waals surface area contributed by atoms with E-state index in [0.717, 1.165) is 39.3 Å². The molecule has 0 N–H and O–H groups in total. The number of anilines is 1. The largest absolute Gasteiger partial charge is 0.357 e. The summed E-state index contributed by atoms with van der Waals surface area (Å²) in [6.45, 7) is 22.2. The molecule has 10 heteroatoms. The van der Waals surface area contributed by atoms with Crippen molar-refractivity contribution in [2.45, 2.75) is 112 Å². The molecule has 13 aromatic carbocycles. The number of aromatic nitrogens is 2. The molecule has 14 aromatic rings. The lowest BCUT2D eigenvalue weighted by Crippen LogP contribution is -3.61. The molecular weight excluding hydrogens is 1610 g/mol. The van der Waals surface area contributed by atoms with Crippen LogP contribution in [0.15, 0.2) is 425 Å². The van der Waals surface area contributed by atoms with Crippen LogP contribution in [-0.2, 0) is 16.6 Å². The van der Waals surface area contributed by atoms with Gasteiger partial charge in [-0.1, -0.05) is 429 Å². The Morgan fingerprint density at radius 1 is 0.445 bits per heavy atom. The van der Waals surface area contributed by atoms with Crippen LogP contribution >= 0.6 is 34.9 Å². The third-order valence-electron chi connectivity index (χ3n) is 24.1. The highest BCUT2D eigenvalue weighted by molar-refractivity contribution is 8.05. The van der Waals surface area contributed by atoms with Crippen molar-refractivity contribution in [1.29, 1.82) is 0 Å². The van der Waals surface area contributed by atoms with E-state index in [0.29, 0.717) is 11.8 Å². The summed E-state index contributed by atoms with van der Waals surface area (Å²) in [5.74, 6) is 2.11. The monoisotopic (exact) mass is 1720 g/mol. The number of hydrogen-bond acceptors (Lipinski definition) is 6. The van der Waals surface area contributed by atoms with Gasteiger partial charge < -0.3 is 4.90 Å². The normalized spacial score (nSPS) is 14.7. The first-order valence-electron chi connectivity index (χ1n) is 41.8. The van der Waals surface area contributed by atoms with E-state index < -0.39 is 12.3 Å². The topological polar surface area (TPSA) is 32.0 Å². The van der Waals surface area contributed by atoms with Gasteiger partial charge in [0.1, 0.15) is 19.3 Å². The average molecular weight is 1720 g/mol. The lowest BCUT2D eigenvalue weighted by molar-refractivity contribution is -0.597. The number of hydrogen-bond donors (Lipinski definition) is 0. The number of thioether (sulfide) groups is 2. The SMILES string of the molecule is C=Cc1ccc(CSc2nnc(SC3=C(/C=C/C4=[N+](C)c5ccccc5C4(C)C)CCC/C3=C\C=C3\N(C)c4ccccc4C3(C)C)s2)cc1.CC(C)c1ccc([I+]c2ccc(C(C)C)cc2)cc1.c1ccc([B-](c2ccccc2)(c2ccccc2)c2ccccc2)cc1.c1ccc([B-](c2ccccc2)(c2ccccc2)c2ccccc2)cc1.